The fourth-order valence-electron chi connectivity index (χ4n) is 2.32. The van der Waals surface area contributed by atoms with Crippen LogP contribution in [0.15, 0.2) is 5.16 Å². The standard InChI is InChI=1S/C15H24N4OS/c1-9(2)8-16-14(20)10(3)21-15-18-17-13(11-4-5-11)19(15)12-6-7-12/h9-12H,4-8H2,1-3H3,(H,16,20)/t10-/m1/s1. The van der Waals surface area contributed by atoms with Gasteiger partial charge in [-0.3, -0.25) is 4.79 Å². The monoisotopic (exact) mass is 308 g/mol. The highest BCUT2D eigenvalue weighted by Crippen LogP contribution is 2.46. The van der Waals surface area contributed by atoms with Crippen LogP contribution in [0.2, 0.25) is 0 Å². The molecule has 1 atom stereocenters. The van der Waals surface area contributed by atoms with Crippen molar-refractivity contribution in [2.45, 2.75) is 68.8 Å². The number of carbonyl (C=O) groups excluding carboxylic acids is 1. The molecule has 3 rings (SSSR count). The first kappa shape index (κ1) is 14.9. The third-order valence-electron chi connectivity index (χ3n) is 3.88. The molecule has 2 fully saturated rings. The molecule has 0 saturated heterocycles. The van der Waals surface area contributed by atoms with E-state index in [9.17, 15) is 4.79 Å². The molecule has 116 valence electrons. The van der Waals surface area contributed by atoms with E-state index in [0.717, 1.165) is 17.5 Å². The van der Waals surface area contributed by atoms with Crippen LogP contribution in [0.1, 0.15) is 64.2 Å². The third-order valence-corrected chi connectivity index (χ3v) is 4.94. The lowest BCUT2D eigenvalue weighted by Gasteiger charge is -2.14. The number of aromatic nitrogens is 3. The number of hydrogen-bond acceptors (Lipinski definition) is 4. The molecule has 1 amide bonds. The van der Waals surface area contributed by atoms with Gasteiger partial charge in [0.25, 0.3) is 0 Å². The highest BCUT2D eigenvalue weighted by Gasteiger charge is 2.37. The summed E-state index contributed by atoms with van der Waals surface area (Å²) in [6, 6.07) is 0.573. The minimum atomic E-state index is -0.127. The van der Waals surface area contributed by atoms with E-state index in [1.54, 1.807) is 11.8 Å². The third kappa shape index (κ3) is 3.59. The second-order valence-corrected chi connectivity index (χ2v) is 7.92. The van der Waals surface area contributed by atoms with Gasteiger partial charge in [-0.2, -0.15) is 0 Å². The van der Waals surface area contributed by atoms with Crippen LogP contribution in [0.25, 0.3) is 0 Å². The number of thioether (sulfide) groups is 1. The van der Waals surface area contributed by atoms with Crippen LogP contribution in [0.5, 0.6) is 0 Å². The van der Waals surface area contributed by atoms with Crippen LogP contribution < -0.4 is 5.32 Å². The molecular formula is C15H24N4OS. The summed E-state index contributed by atoms with van der Waals surface area (Å²) in [5.41, 5.74) is 0. The normalized spacial score (nSPS) is 19.8. The van der Waals surface area contributed by atoms with Crippen LogP contribution in [-0.2, 0) is 4.79 Å². The van der Waals surface area contributed by atoms with Crippen LogP contribution in [-0.4, -0.2) is 32.5 Å². The zero-order valence-corrected chi connectivity index (χ0v) is 13.8. The Morgan fingerprint density at radius 3 is 2.57 bits per heavy atom. The predicted molar refractivity (Wildman–Crippen MR) is 83.4 cm³/mol. The first-order valence-electron chi connectivity index (χ1n) is 7.95. The van der Waals surface area contributed by atoms with E-state index in [-0.39, 0.29) is 11.2 Å². The van der Waals surface area contributed by atoms with E-state index < -0.39 is 0 Å². The Hall–Kier alpha value is -1.04. The summed E-state index contributed by atoms with van der Waals surface area (Å²) in [6.07, 6.45) is 4.92. The first-order chi connectivity index (χ1) is 10.1. The van der Waals surface area contributed by atoms with Crippen LogP contribution in [0.4, 0.5) is 0 Å². The minimum absolute atomic E-state index is 0.0898. The summed E-state index contributed by atoms with van der Waals surface area (Å²) in [6.45, 7) is 6.88. The molecular weight excluding hydrogens is 284 g/mol. The molecule has 1 aromatic heterocycles. The van der Waals surface area contributed by atoms with Gasteiger partial charge < -0.3 is 9.88 Å². The minimum Gasteiger partial charge on any atom is -0.355 e. The Morgan fingerprint density at radius 2 is 2.00 bits per heavy atom. The maximum atomic E-state index is 12.1. The molecule has 6 heteroatoms. The average Bonchev–Trinajstić information content (AvgIpc) is 3.35. The molecule has 1 heterocycles. The van der Waals surface area contributed by atoms with Crippen molar-refractivity contribution in [1.82, 2.24) is 20.1 Å². The molecule has 5 nitrogen and oxygen atoms in total. The summed E-state index contributed by atoms with van der Waals surface area (Å²) >= 11 is 1.54. The van der Waals surface area contributed by atoms with E-state index in [1.807, 2.05) is 6.92 Å². The highest BCUT2D eigenvalue weighted by molar-refractivity contribution is 8.00. The highest BCUT2D eigenvalue weighted by atomic mass is 32.2. The largest absolute Gasteiger partial charge is 0.355 e. The van der Waals surface area contributed by atoms with E-state index in [1.165, 1.54) is 25.7 Å². The van der Waals surface area contributed by atoms with Gasteiger partial charge in [-0.1, -0.05) is 25.6 Å². The molecule has 21 heavy (non-hydrogen) atoms. The number of hydrogen-bond donors (Lipinski definition) is 1. The summed E-state index contributed by atoms with van der Waals surface area (Å²) in [5, 5.41) is 12.5. The van der Waals surface area contributed by atoms with Gasteiger partial charge in [0.2, 0.25) is 5.91 Å². The van der Waals surface area contributed by atoms with Crippen molar-refractivity contribution in [2.75, 3.05) is 6.54 Å². The molecule has 0 aromatic carbocycles. The Labute approximate surface area is 130 Å². The Bertz CT molecular complexity index is 520. The second-order valence-electron chi connectivity index (χ2n) is 6.62. The van der Waals surface area contributed by atoms with E-state index in [2.05, 4.69) is 33.9 Å². The fourth-order valence-corrected chi connectivity index (χ4v) is 3.28. The summed E-state index contributed by atoms with van der Waals surface area (Å²) in [5.74, 6) is 2.32. The second kappa shape index (κ2) is 5.99. The number of rotatable bonds is 7. The quantitative estimate of drug-likeness (QED) is 0.787. The van der Waals surface area contributed by atoms with Crippen LogP contribution >= 0.6 is 11.8 Å². The van der Waals surface area contributed by atoms with Gasteiger partial charge in [0.1, 0.15) is 5.82 Å². The van der Waals surface area contributed by atoms with E-state index >= 15 is 0 Å². The van der Waals surface area contributed by atoms with Crippen molar-refractivity contribution < 1.29 is 4.79 Å². The SMILES string of the molecule is CC(C)CNC(=O)[C@@H](C)Sc1nnc(C2CC2)n1C1CC1. The molecule has 0 unspecified atom stereocenters. The maximum absolute atomic E-state index is 12.1. The number of carbonyl (C=O) groups is 1. The summed E-state index contributed by atoms with van der Waals surface area (Å²) in [4.78, 5) is 12.1. The Balaban J connectivity index is 1.65. The van der Waals surface area contributed by atoms with Crippen LogP contribution in [0, 0.1) is 5.92 Å². The van der Waals surface area contributed by atoms with Crippen molar-refractivity contribution >= 4 is 17.7 Å². The molecule has 1 aromatic rings. The van der Waals surface area contributed by atoms with Crippen LogP contribution in [0.3, 0.4) is 0 Å². The van der Waals surface area contributed by atoms with Gasteiger partial charge in [-0.25, -0.2) is 0 Å². The number of amides is 1. The van der Waals surface area contributed by atoms with Gasteiger partial charge in [-0.05, 0) is 38.5 Å². The van der Waals surface area contributed by atoms with Crippen molar-refractivity contribution in [2.24, 2.45) is 5.92 Å². The van der Waals surface area contributed by atoms with Crippen molar-refractivity contribution in [1.29, 1.82) is 0 Å². The Morgan fingerprint density at radius 1 is 1.29 bits per heavy atom. The topological polar surface area (TPSA) is 59.8 Å². The van der Waals surface area contributed by atoms with Crippen molar-refractivity contribution in [3.63, 3.8) is 0 Å². The molecule has 0 radical (unpaired) electrons. The molecule has 2 aliphatic carbocycles. The van der Waals surface area contributed by atoms with Crippen molar-refractivity contribution in [3.05, 3.63) is 5.82 Å². The zero-order chi connectivity index (χ0) is 15.0. The van der Waals surface area contributed by atoms with E-state index in [0.29, 0.717) is 17.9 Å². The number of nitrogens with zero attached hydrogens (tertiary/aromatic N) is 3. The zero-order valence-electron chi connectivity index (χ0n) is 13.0. The average molecular weight is 308 g/mol. The van der Waals surface area contributed by atoms with Crippen molar-refractivity contribution in [3.8, 4) is 0 Å². The first-order valence-corrected chi connectivity index (χ1v) is 8.83. The molecule has 2 saturated carbocycles. The molecule has 0 bridgehead atoms. The van der Waals surface area contributed by atoms with Gasteiger partial charge in [-0.15, -0.1) is 10.2 Å². The van der Waals surface area contributed by atoms with E-state index in [4.69, 9.17) is 0 Å². The fraction of sp³-hybridized carbons (Fsp3) is 0.800. The lowest BCUT2D eigenvalue weighted by Crippen LogP contribution is -2.33. The molecule has 2 aliphatic rings. The summed E-state index contributed by atoms with van der Waals surface area (Å²) in [7, 11) is 0. The lowest BCUT2D eigenvalue weighted by molar-refractivity contribution is -0.120. The van der Waals surface area contributed by atoms with Gasteiger partial charge in [0, 0.05) is 18.5 Å². The van der Waals surface area contributed by atoms with Gasteiger partial charge in [0.05, 0.1) is 5.25 Å². The predicted octanol–water partition coefficient (Wildman–Crippen LogP) is 2.74. The number of nitrogens with one attached hydrogen (secondary N) is 1. The van der Waals surface area contributed by atoms with Gasteiger partial charge >= 0.3 is 0 Å². The maximum Gasteiger partial charge on any atom is 0.233 e. The molecule has 1 N–H and O–H groups in total. The molecule has 0 spiro atoms. The molecule has 0 aliphatic heterocycles. The smallest absolute Gasteiger partial charge is 0.233 e. The summed E-state index contributed by atoms with van der Waals surface area (Å²) < 4.78 is 2.30. The Kier molecular flexibility index (Phi) is 4.24. The van der Waals surface area contributed by atoms with Gasteiger partial charge in [0.15, 0.2) is 5.16 Å². The lowest BCUT2D eigenvalue weighted by atomic mass is 10.2.